The van der Waals surface area contributed by atoms with Crippen molar-refractivity contribution in [3.05, 3.63) is 29.3 Å². The number of carbonyl (C=O) groups excluding carboxylic acids is 1. The highest BCUT2D eigenvalue weighted by atomic mass is 16.5. The second kappa shape index (κ2) is 5.88. The Morgan fingerprint density at radius 1 is 1.22 bits per heavy atom. The molecule has 0 aliphatic heterocycles. The van der Waals surface area contributed by atoms with Crippen molar-refractivity contribution in [1.29, 1.82) is 5.26 Å². The average molecular weight is 313 g/mol. The van der Waals surface area contributed by atoms with Crippen molar-refractivity contribution < 1.29 is 14.3 Å². The Morgan fingerprint density at radius 3 is 2.39 bits per heavy atom. The first-order valence-corrected chi connectivity index (χ1v) is 8.35. The van der Waals surface area contributed by atoms with Crippen LogP contribution in [0.3, 0.4) is 0 Å². The Morgan fingerprint density at radius 2 is 1.87 bits per heavy atom. The first-order valence-electron chi connectivity index (χ1n) is 8.35. The van der Waals surface area contributed by atoms with Gasteiger partial charge in [0.2, 0.25) is 0 Å². The number of benzene rings is 1. The van der Waals surface area contributed by atoms with Gasteiger partial charge in [-0.05, 0) is 68.6 Å². The van der Waals surface area contributed by atoms with Gasteiger partial charge in [-0.2, -0.15) is 5.26 Å². The van der Waals surface area contributed by atoms with Crippen LogP contribution in [0.1, 0.15) is 56.6 Å². The molecule has 4 rings (SSSR count). The summed E-state index contributed by atoms with van der Waals surface area (Å²) in [7, 11) is 1.59. The van der Waals surface area contributed by atoms with Crippen molar-refractivity contribution in [3.8, 4) is 11.8 Å². The summed E-state index contributed by atoms with van der Waals surface area (Å²) in [6.07, 6.45) is 5.63. The predicted molar refractivity (Wildman–Crippen MR) is 86.2 cm³/mol. The molecule has 0 aromatic heterocycles. The van der Waals surface area contributed by atoms with Crippen LogP contribution in [0.4, 0.5) is 0 Å². The second-order valence-corrected chi connectivity index (χ2v) is 6.81. The van der Waals surface area contributed by atoms with E-state index in [0.717, 1.165) is 38.5 Å². The summed E-state index contributed by atoms with van der Waals surface area (Å²) in [6.45, 7) is 2.32. The first-order chi connectivity index (χ1) is 11.1. The number of nitrogens with zero attached hydrogens (tertiary/aromatic N) is 1. The summed E-state index contributed by atoms with van der Waals surface area (Å²) in [4.78, 5) is 12.3. The van der Waals surface area contributed by atoms with Gasteiger partial charge in [-0.25, -0.2) is 0 Å². The third-order valence-electron chi connectivity index (χ3n) is 5.89. The lowest BCUT2D eigenvalue weighted by molar-refractivity contribution is -0.162. The SMILES string of the molecule is CCOC(=O)C12CCC(c3ccc(OC)c(C#N)c3)(CC1)CC2. The summed E-state index contributed by atoms with van der Waals surface area (Å²) in [5.74, 6) is 0.612. The van der Waals surface area contributed by atoms with E-state index in [1.54, 1.807) is 7.11 Å². The van der Waals surface area contributed by atoms with Crippen LogP contribution in [0.15, 0.2) is 18.2 Å². The van der Waals surface area contributed by atoms with Crippen molar-refractivity contribution in [2.45, 2.75) is 50.9 Å². The van der Waals surface area contributed by atoms with E-state index in [2.05, 4.69) is 12.1 Å². The van der Waals surface area contributed by atoms with Gasteiger partial charge in [-0.15, -0.1) is 0 Å². The molecule has 1 aromatic rings. The molecule has 1 aromatic carbocycles. The van der Waals surface area contributed by atoms with E-state index < -0.39 is 0 Å². The van der Waals surface area contributed by atoms with Crippen LogP contribution in [-0.2, 0) is 14.9 Å². The highest BCUT2D eigenvalue weighted by molar-refractivity contribution is 5.77. The van der Waals surface area contributed by atoms with Crippen molar-refractivity contribution in [3.63, 3.8) is 0 Å². The molecule has 0 unspecified atom stereocenters. The Labute approximate surface area is 137 Å². The number of nitriles is 1. The molecular weight excluding hydrogens is 290 g/mol. The molecule has 0 amide bonds. The molecule has 4 heteroatoms. The number of esters is 1. The zero-order valence-electron chi connectivity index (χ0n) is 13.9. The van der Waals surface area contributed by atoms with Gasteiger partial charge in [0.1, 0.15) is 11.8 Å². The first kappa shape index (κ1) is 15.9. The van der Waals surface area contributed by atoms with Gasteiger partial charge in [-0.1, -0.05) is 6.07 Å². The third kappa shape index (κ3) is 2.49. The lowest BCUT2D eigenvalue weighted by atomic mass is 9.52. The van der Waals surface area contributed by atoms with Gasteiger partial charge < -0.3 is 9.47 Å². The quantitative estimate of drug-likeness (QED) is 0.795. The van der Waals surface area contributed by atoms with Gasteiger partial charge >= 0.3 is 5.97 Å². The fraction of sp³-hybridized carbons (Fsp3) is 0.579. The van der Waals surface area contributed by atoms with Gasteiger partial charge in [0.05, 0.1) is 24.7 Å². The van der Waals surface area contributed by atoms with Crippen LogP contribution >= 0.6 is 0 Å². The van der Waals surface area contributed by atoms with Gasteiger partial charge in [0, 0.05) is 0 Å². The largest absolute Gasteiger partial charge is 0.495 e. The normalized spacial score (nSPS) is 28.9. The molecule has 3 aliphatic rings. The number of ether oxygens (including phenoxy) is 2. The average Bonchev–Trinajstić information content (AvgIpc) is 2.62. The van der Waals surface area contributed by atoms with Gasteiger partial charge in [-0.3, -0.25) is 4.79 Å². The molecule has 4 nitrogen and oxygen atoms in total. The molecule has 3 aliphatic carbocycles. The van der Waals surface area contributed by atoms with Crippen LogP contribution in [-0.4, -0.2) is 19.7 Å². The number of methoxy groups -OCH3 is 1. The minimum Gasteiger partial charge on any atom is -0.495 e. The molecular formula is C19H23NO3. The van der Waals surface area contributed by atoms with E-state index in [1.807, 2.05) is 19.1 Å². The van der Waals surface area contributed by atoms with Crippen LogP contribution in [0.25, 0.3) is 0 Å². The maximum atomic E-state index is 12.3. The molecule has 0 atom stereocenters. The van der Waals surface area contributed by atoms with E-state index in [-0.39, 0.29) is 16.8 Å². The number of hydrogen-bond acceptors (Lipinski definition) is 4. The molecule has 0 N–H and O–H groups in total. The standard InChI is InChI=1S/C19H23NO3/c1-3-23-17(21)19-9-6-18(7-10-19,8-11-19)15-4-5-16(22-2)14(12-15)13-20/h4-5,12H,3,6-11H2,1-2H3. The molecule has 0 spiro atoms. The maximum Gasteiger partial charge on any atom is 0.312 e. The van der Waals surface area contributed by atoms with Crippen LogP contribution in [0, 0.1) is 16.7 Å². The number of rotatable bonds is 4. The monoisotopic (exact) mass is 313 g/mol. The molecule has 3 saturated carbocycles. The minimum absolute atomic E-state index is 0.0132. The Bertz CT molecular complexity index is 635. The van der Waals surface area contributed by atoms with Crippen molar-refractivity contribution >= 4 is 5.97 Å². The smallest absolute Gasteiger partial charge is 0.312 e. The lowest BCUT2D eigenvalue weighted by Gasteiger charge is -2.52. The lowest BCUT2D eigenvalue weighted by Crippen LogP contribution is -2.48. The number of carbonyl (C=O) groups is 1. The Hall–Kier alpha value is -2.02. The van der Waals surface area contributed by atoms with E-state index in [9.17, 15) is 10.1 Å². The molecule has 0 saturated heterocycles. The minimum atomic E-state index is -0.262. The van der Waals surface area contributed by atoms with E-state index in [0.29, 0.717) is 17.9 Å². The summed E-state index contributed by atoms with van der Waals surface area (Å²) < 4.78 is 10.6. The topological polar surface area (TPSA) is 59.3 Å². The Kier molecular flexibility index (Phi) is 4.06. The molecule has 0 heterocycles. The summed E-state index contributed by atoms with van der Waals surface area (Å²) in [6, 6.07) is 8.18. The Balaban J connectivity index is 1.85. The van der Waals surface area contributed by atoms with E-state index in [1.165, 1.54) is 5.56 Å². The predicted octanol–water partition coefficient (Wildman–Crippen LogP) is 3.72. The maximum absolute atomic E-state index is 12.3. The zero-order chi connectivity index (χ0) is 16.5. The summed E-state index contributed by atoms with van der Waals surface area (Å²) >= 11 is 0. The van der Waals surface area contributed by atoms with Gasteiger partial charge in [0.25, 0.3) is 0 Å². The fourth-order valence-electron chi connectivity index (χ4n) is 4.33. The van der Waals surface area contributed by atoms with E-state index >= 15 is 0 Å². The van der Waals surface area contributed by atoms with Gasteiger partial charge in [0.15, 0.2) is 0 Å². The van der Waals surface area contributed by atoms with Crippen LogP contribution in [0.2, 0.25) is 0 Å². The number of hydrogen-bond donors (Lipinski definition) is 0. The van der Waals surface area contributed by atoms with Crippen LogP contribution < -0.4 is 4.74 Å². The number of fused-ring (bicyclic) bond motifs is 3. The van der Waals surface area contributed by atoms with Crippen molar-refractivity contribution in [2.75, 3.05) is 13.7 Å². The fourth-order valence-corrected chi connectivity index (χ4v) is 4.33. The molecule has 2 bridgehead atoms. The second-order valence-electron chi connectivity index (χ2n) is 6.81. The highest BCUT2D eigenvalue weighted by Crippen LogP contribution is 2.58. The summed E-state index contributed by atoms with van der Waals surface area (Å²) in [5, 5.41) is 9.32. The van der Waals surface area contributed by atoms with Crippen molar-refractivity contribution in [2.24, 2.45) is 5.41 Å². The highest BCUT2D eigenvalue weighted by Gasteiger charge is 2.53. The molecule has 0 radical (unpaired) electrons. The third-order valence-corrected chi connectivity index (χ3v) is 5.89. The molecule has 122 valence electrons. The molecule has 3 fully saturated rings. The van der Waals surface area contributed by atoms with Crippen LogP contribution in [0.5, 0.6) is 5.75 Å². The summed E-state index contributed by atoms with van der Waals surface area (Å²) in [5.41, 5.74) is 1.65. The van der Waals surface area contributed by atoms with Crippen molar-refractivity contribution in [1.82, 2.24) is 0 Å². The van der Waals surface area contributed by atoms with E-state index in [4.69, 9.17) is 9.47 Å². The molecule has 23 heavy (non-hydrogen) atoms. The zero-order valence-corrected chi connectivity index (χ0v) is 13.9.